The summed E-state index contributed by atoms with van der Waals surface area (Å²) in [4.78, 5) is 2.66. The van der Waals surface area contributed by atoms with Gasteiger partial charge in [-0.15, -0.1) is 0 Å². The number of anilines is 2. The van der Waals surface area contributed by atoms with E-state index in [0.717, 1.165) is 12.5 Å². The maximum atomic E-state index is 3.64. The fraction of sp³-hybridized carbons (Fsp3) is 0.429. The zero-order valence-corrected chi connectivity index (χ0v) is 13.7. The van der Waals surface area contributed by atoms with Gasteiger partial charge in [0.1, 0.15) is 0 Å². The molecule has 1 aliphatic carbocycles. The van der Waals surface area contributed by atoms with E-state index in [-0.39, 0.29) is 0 Å². The van der Waals surface area contributed by atoms with E-state index in [4.69, 9.17) is 0 Å². The van der Waals surface area contributed by atoms with Crippen LogP contribution in [0, 0.1) is 5.92 Å². The Hall–Kier alpha value is -1.96. The van der Waals surface area contributed by atoms with Crippen LogP contribution in [0.3, 0.4) is 0 Å². The number of fused-ring (bicyclic) bond motifs is 1. The molecule has 2 aliphatic rings. The molecule has 23 heavy (non-hydrogen) atoms. The molecule has 0 saturated heterocycles. The lowest BCUT2D eigenvalue weighted by Gasteiger charge is -2.42. The Balaban J connectivity index is 1.65. The number of rotatable bonds is 3. The second kappa shape index (κ2) is 6.66. The zero-order chi connectivity index (χ0) is 15.5. The molecule has 1 heterocycles. The van der Waals surface area contributed by atoms with Crippen molar-refractivity contribution in [2.24, 2.45) is 5.92 Å². The molecule has 2 heteroatoms. The van der Waals surface area contributed by atoms with Gasteiger partial charge in [0.15, 0.2) is 0 Å². The summed E-state index contributed by atoms with van der Waals surface area (Å²) in [6.07, 6.45) is 7.04. The van der Waals surface area contributed by atoms with E-state index in [2.05, 4.69) is 64.8 Å². The largest absolute Gasteiger partial charge is 0.381 e. The van der Waals surface area contributed by atoms with Crippen LogP contribution >= 0.6 is 0 Å². The predicted octanol–water partition coefficient (Wildman–Crippen LogP) is 5.24. The highest BCUT2D eigenvalue weighted by Crippen LogP contribution is 2.39. The number of benzene rings is 2. The molecule has 0 bridgehead atoms. The normalized spacial score (nSPS) is 21.6. The van der Waals surface area contributed by atoms with Crippen molar-refractivity contribution in [3.05, 3.63) is 60.2 Å². The van der Waals surface area contributed by atoms with E-state index in [1.165, 1.54) is 55.6 Å². The second-order valence-corrected chi connectivity index (χ2v) is 6.98. The number of hydrogen-bond donors (Lipinski definition) is 1. The van der Waals surface area contributed by atoms with Crippen molar-refractivity contribution >= 4 is 11.4 Å². The second-order valence-electron chi connectivity index (χ2n) is 6.98. The molecule has 120 valence electrons. The molecule has 0 aromatic heterocycles. The van der Waals surface area contributed by atoms with E-state index in [9.17, 15) is 0 Å². The van der Waals surface area contributed by atoms with Crippen LogP contribution in [0.25, 0.3) is 0 Å². The summed E-state index contributed by atoms with van der Waals surface area (Å²) >= 11 is 0. The molecule has 2 nitrogen and oxygen atoms in total. The highest BCUT2D eigenvalue weighted by atomic mass is 15.2. The summed E-state index contributed by atoms with van der Waals surface area (Å²) in [5.41, 5.74) is 4.08. The quantitative estimate of drug-likeness (QED) is 0.834. The van der Waals surface area contributed by atoms with Crippen molar-refractivity contribution in [2.45, 2.75) is 38.1 Å². The molecule has 2 aromatic rings. The highest BCUT2D eigenvalue weighted by molar-refractivity contribution is 5.73. The van der Waals surface area contributed by atoms with Crippen molar-refractivity contribution in [1.29, 1.82) is 0 Å². The Morgan fingerprint density at radius 2 is 1.61 bits per heavy atom. The lowest BCUT2D eigenvalue weighted by molar-refractivity contribution is 0.350. The van der Waals surface area contributed by atoms with Gasteiger partial charge >= 0.3 is 0 Å². The molecule has 0 amide bonds. The first-order valence-corrected chi connectivity index (χ1v) is 9.06. The zero-order valence-electron chi connectivity index (χ0n) is 13.7. The molecular weight excluding hydrogens is 280 g/mol. The van der Waals surface area contributed by atoms with Gasteiger partial charge in [0, 0.05) is 13.1 Å². The topological polar surface area (TPSA) is 15.3 Å². The first-order valence-electron chi connectivity index (χ1n) is 9.06. The van der Waals surface area contributed by atoms with E-state index in [1.54, 1.807) is 0 Å². The Morgan fingerprint density at radius 1 is 0.870 bits per heavy atom. The lowest BCUT2D eigenvalue weighted by atomic mass is 9.87. The number of para-hydroxylation sites is 2. The Kier molecular flexibility index (Phi) is 4.23. The third-order valence-electron chi connectivity index (χ3n) is 5.44. The highest BCUT2D eigenvalue weighted by Gasteiger charge is 2.29. The van der Waals surface area contributed by atoms with Crippen molar-refractivity contribution in [3.8, 4) is 0 Å². The molecule has 1 N–H and O–H groups in total. The molecule has 1 atom stereocenters. The maximum absolute atomic E-state index is 3.64. The summed E-state index contributed by atoms with van der Waals surface area (Å²) in [5, 5.41) is 3.64. The maximum Gasteiger partial charge on any atom is 0.0715 e. The van der Waals surface area contributed by atoms with Crippen molar-refractivity contribution < 1.29 is 0 Å². The van der Waals surface area contributed by atoms with Gasteiger partial charge in [-0.3, -0.25) is 0 Å². The molecule has 2 aromatic carbocycles. The van der Waals surface area contributed by atoms with Gasteiger partial charge in [-0.2, -0.15) is 0 Å². The summed E-state index contributed by atoms with van der Waals surface area (Å²) in [6, 6.07) is 20.2. The Labute approximate surface area is 139 Å². The molecule has 1 unspecified atom stereocenters. The van der Waals surface area contributed by atoms with Gasteiger partial charge in [-0.25, -0.2) is 0 Å². The van der Waals surface area contributed by atoms with Gasteiger partial charge in [-0.1, -0.05) is 61.7 Å². The predicted molar refractivity (Wildman–Crippen MR) is 98.0 cm³/mol. The fourth-order valence-electron chi connectivity index (χ4n) is 4.20. The summed E-state index contributed by atoms with van der Waals surface area (Å²) in [7, 11) is 0. The van der Waals surface area contributed by atoms with Gasteiger partial charge in [0.2, 0.25) is 0 Å². The van der Waals surface area contributed by atoms with Gasteiger partial charge in [0.25, 0.3) is 0 Å². The van der Waals surface area contributed by atoms with Crippen LogP contribution in [0.5, 0.6) is 0 Å². The average molecular weight is 306 g/mol. The van der Waals surface area contributed by atoms with Crippen LogP contribution in [-0.4, -0.2) is 13.1 Å². The Bertz CT molecular complexity index is 631. The van der Waals surface area contributed by atoms with E-state index >= 15 is 0 Å². The smallest absolute Gasteiger partial charge is 0.0715 e. The first-order chi connectivity index (χ1) is 11.4. The molecule has 0 radical (unpaired) electrons. The molecular formula is C21H26N2. The van der Waals surface area contributed by atoms with Crippen LogP contribution in [0.4, 0.5) is 11.4 Å². The molecule has 1 aliphatic heterocycles. The van der Waals surface area contributed by atoms with Gasteiger partial charge < -0.3 is 10.2 Å². The number of nitrogens with one attached hydrogen (secondary N) is 1. The fourth-order valence-corrected chi connectivity index (χ4v) is 4.20. The van der Waals surface area contributed by atoms with E-state index in [1.807, 2.05) is 0 Å². The van der Waals surface area contributed by atoms with Crippen LogP contribution in [0.2, 0.25) is 0 Å². The standard InChI is InChI=1S/C21H26N2/c1-3-9-17(10-4-1)16-23-20-14-8-7-13-19(20)22-15-21(23)18-11-5-2-6-12-18/h2,5-8,11-14,17,21-22H,1,3-4,9-10,15-16H2. The van der Waals surface area contributed by atoms with Crippen molar-refractivity contribution in [3.63, 3.8) is 0 Å². The van der Waals surface area contributed by atoms with Crippen molar-refractivity contribution in [1.82, 2.24) is 0 Å². The van der Waals surface area contributed by atoms with Crippen LogP contribution < -0.4 is 10.2 Å². The molecule has 4 rings (SSSR count). The minimum atomic E-state index is 0.438. The van der Waals surface area contributed by atoms with Crippen LogP contribution in [0.15, 0.2) is 54.6 Å². The summed E-state index contributed by atoms with van der Waals surface area (Å²) < 4.78 is 0. The SMILES string of the molecule is c1ccc(C2CNc3ccccc3N2CC2CCCCC2)cc1. The van der Waals surface area contributed by atoms with Crippen LogP contribution in [-0.2, 0) is 0 Å². The monoisotopic (exact) mass is 306 g/mol. The number of nitrogens with zero attached hydrogens (tertiary/aromatic N) is 1. The van der Waals surface area contributed by atoms with Crippen molar-refractivity contribution in [2.75, 3.05) is 23.3 Å². The minimum absolute atomic E-state index is 0.438. The molecule has 0 spiro atoms. The van der Waals surface area contributed by atoms with E-state index in [0.29, 0.717) is 6.04 Å². The third kappa shape index (κ3) is 3.08. The molecule has 1 fully saturated rings. The van der Waals surface area contributed by atoms with Gasteiger partial charge in [0.05, 0.1) is 17.4 Å². The summed E-state index contributed by atoms with van der Waals surface area (Å²) in [6.45, 7) is 2.19. The van der Waals surface area contributed by atoms with E-state index < -0.39 is 0 Å². The average Bonchev–Trinajstić information content (AvgIpc) is 2.64. The van der Waals surface area contributed by atoms with Gasteiger partial charge in [-0.05, 0) is 36.5 Å². The minimum Gasteiger partial charge on any atom is -0.381 e. The Morgan fingerprint density at radius 3 is 2.43 bits per heavy atom. The lowest BCUT2D eigenvalue weighted by Crippen LogP contribution is -2.41. The molecule has 1 saturated carbocycles. The summed E-state index contributed by atoms with van der Waals surface area (Å²) in [5.74, 6) is 0.848. The number of hydrogen-bond acceptors (Lipinski definition) is 2. The first kappa shape index (κ1) is 14.6. The third-order valence-corrected chi connectivity index (χ3v) is 5.44. The van der Waals surface area contributed by atoms with Crippen LogP contribution in [0.1, 0.15) is 43.7 Å².